The predicted octanol–water partition coefficient (Wildman–Crippen LogP) is 3.79. The van der Waals surface area contributed by atoms with Gasteiger partial charge in [-0.2, -0.15) is 0 Å². The van der Waals surface area contributed by atoms with E-state index in [-0.39, 0.29) is 0 Å². The van der Waals surface area contributed by atoms with Crippen LogP contribution in [-0.4, -0.2) is 9.04 Å². The van der Waals surface area contributed by atoms with Crippen LogP contribution in [0.25, 0.3) is 6.08 Å². The summed E-state index contributed by atoms with van der Waals surface area (Å²) in [6, 6.07) is 29.3. The average molecular weight is 315 g/mol. The van der Waals surface area contributed by atoms with Crippen LogP contribution in [0.1, 0.15) is 11.1 Å². The Balaban J connectivity index is 1.82. The zero-order chi connectivity index (χ0) is 15.9. The first-order valence-corrected chi connectivity index (χ1v) is 9.11. The van der Waals surface area contributed by atoms with E-state index in [0.717, 1.165) is 5.56 Å². The molecular formula is C21H19OSi. The summed E-state index contributed by atoms with van der Waals surface area (Å²) in [6.45, 7) is 2.10. The van der Waals surface area contributed by atoms with E-state index in [1.807, 2.05) is 24.5 Å². The predicted molar refractivity (Wildman–Crippen MR) is 99.2 cm³/mol. The number of hydrogen-bond donors (Lipinski definition) is 0. The molecule has 0 heterocycles. The van der Waals surface area contributed by atoms with Crippen molar-refractivity contribution in [2.75, 3.05) is 0 Å². The molecule has 3 rings (SSSR count). The van der Waals surface area contributed by atoms with Crippen LogP contribution in [0, 0.1) is 6.92 Å². The van der Waals surface area contributed by atoms with Crippen LogP contribution in [0.3, 0.4) is 0 Å². The Morgan fingerprint density at radius 2 is 1.35 bits per heavy atom. The van der Waals surface area contributed by atoms with Gasteiger partial charge in [-0.1, -0.05) is 90.5 Å². The standard InChI is InChI=1S/C21H19OSi/c1-18-9-8-10-19(17-18)15-16-22-23(20-11-4-2-5-12-20)21-13-6-3-7-14-21/h2-17H,1H3. The summed E-state index contributed by atoms with van der Waals surface area (Å²) in [4.78, 5) is 0. The Hall–Kier alpha value is -2.58. The highest BCUT2D eigenvalue weighted by Crippen LogP contribution is 2.06. The minimum Gasteiger partial charge on any atom is -0.538 e. The van der Waals surface area contributed by atoms with Crippen LogP contribution in [0.2, 0.25) is 0 Å². The maximum atomic E-state index is 6.18. The second-order valence-corrected chi connectivity index (χ2v) is 7.44. The lowest BCUT2D eigenvalue weighted by Gasteiger charge is -2.14. The Morgan fingerprint density at radius 1 is 0.739 bits per heavy atom. The summed E-state index contributed by atoms with van der Waals surface area (Å²) < 4.78 is 6.18. The quantitative estimate of drug-likeness (QED) is 0.514. The molecule has 23 heavy (non-hydrogen) atoms. The number of rotatable bonds is 5. The smallest absolute Gasteiger partial charge is 0.352 e. The SMILES string of the molecule is Cc1cccc(C=CO[Si](c2ccccc2)c2ccccc2)c1. The van der Waals surface area contributed by atoms with E-state index in [1.165, 1.54) is 15.9 Å². The molecule has 0 saturated heterocycles. The third kappa shape index (κ3) is 4.21. The van der Waals surface area contributed by atoms with Crippen LogP contribution in [0.5, 0.6) is 0 Å². The van der Waals surface area contributed by atoms with Crippen molar-refractivity contribution in [3.8, 4) is 0 Å². The van der Waals surface area contributed by atoms with Crippen molar-refractivity contribution in [3.05, 3.63) is 102 Å². The normalized spacial score (nSPS) is 11.0. The van der Waals surface area contributed by atoms with Crippen LogP contribution < -0.4 is 10.4 Å². The van der Waals surface area contributed by atoms with Crippen LogP contribution in [0.15, 0.2) is 91.2 Å². The summed E-state index contributed by atoms with van der Waals surface area (Å²) in [7, 11) is -1.27. The molecule has 0 bridgehead atoms. The first kappa shape index (κ1) is 15.3. The molecule has 3 aromatic carbocycles. The fourth-order valence-corrected chi connectivity index (χ4v) is 4.24. The van der Waals surface area contributed by atoms with Gasteiger partial charge in [0.2, 0.25) is 0 Å². The zero-order valence-electron chi connectivity index (χ0n) is 13.1. The molecule has 0 spiro atoms. The van der Waals surface area contributed by atoms with Crippen LogP contribution in [0.4, 0.5) is 0 Å². The van der Waals surface area contributed by atoms with Gasteiger partial charge in [0, 0.05) is 0 Å². The van der Waals surface area contributed by atoms with Gasteiger partial charge in [0.25, 0.3) is 0 Å². The van der Waals surface area contributed by atoms with Gasteiger partial charge >= 0.3 is 9.04 Å². The van der Waals surface area contributed by atoms with E-state index in [2.05, 4.69) is 79.7 Å². The molecule has 3 aromatic rings. The Labute approximate surface area is 139 Å². The summed E-state index contributed by atoms with van der Waals surface area (Å²) in [5, 5.41) is 2.50. The second-order valence-electron chi connectivity index (χ2n) is 5.40. The van der Waals surface area contributed by atoms with E-state index < -0.39 is 9.04 Å². The molecule has 0 aliphatic carbocycles. The van der Waals surface area contributed by atoms with Crippen molar-refractivity contribution in [1.82, 2.24) is 0 Å². The third-order valence-corrected chi connectivity index (χ3v) is 5.65. The molecule has 0 atom stereocenters. The fourth-order valence-electron chi connectivity index (χ4n) is 2.44. The molecule has 2 heteroatoms. The van der Waals surface area contributed by atoms with Crippen molar-refractivity contribution < 1.29 is 4.43 Å². The van der Waals surface area contributed by atoms with Gasteiger partial charge in [-0.25, -0.2) is 0 Å². The van der Waals surface area contributed by atoms with Gasteiger partial charge in [0.15, 0.2) is 0 Å². The topological polar surface area (TPSA) is 9.23 Å². The van der Waals surface area contributed by atoms with Gasteiger partial charge in [-0.3, -0.25) is 0 Å². The molecule has 0 saturated carbocycles. The third-order valence-electron chi connectivity index (χ3n) is 3.56. The summed E-state index contributed by atoms with van der Waals surface area (Å²) >= 11 is 0. The van der Waals surface area contributed by atoms with E-state index in [4.69, 9.17) is 4.43 Å². The van der Waals surface area contributed by atoms with E-state index >= 15 is 0 Å². The largest absolute Gasteiger partial charge is 0.538 e. The fraction of sp³-hybridized carbons (Fsp3) is 0.0476. The minimum atomic E-state index is -1.27. The van der Waals surface area contributed by atoms with E-state index in [0.29, 0.717) is 0 Å². The molecule has 0 N–H and O–H groups in total. The molecule has 0 aromatic heterocycles. The number of hydrogen-bond acceptors (Lipinski definition) is 1. The molecule has 1 radical (unpaired) electrons. The number of benzene rings is 3. The molecule has 0 aliphatic heterocycles. The lowest BCUT2D eigenvalue weighted by molar-refractivity contribution is 0.516. The van der Waals surface area contributed by atoms with Crippen LogP contribution >= 0.6 is 0 Å². The van der Waals surface area contributed by atoms with Gasteiger partial charge < -0.3 is 4.43 Å². The Morgan fingerprint density at radius 3 is 1.91 bits per heavy atom. The zero-order valence-corrected chi connectivity index (χ0v) is 14.1. The van der Waals surface area contributed by atoms with E-state index in [1.54, 1.807) is 0 Å². The molecule has 0 amide bonds. The summed E-state index contributed by atoms with van der Waals surface area (Å²) in [5.41, 5.74) is 2.41. The molecule has 0 unspecified atom stereocenters. The summed E-state index contributed by atoms with van der Waals surface area (Å²) in [6.07, 6.45) is 3.87. The first-order valence-electron chi connectivity index (χ1n) is 7.70. The Kier molecular flexibility index (Phi) is 5.07. The monoisotopic (exact) mass is 315 g/mol. The van der Waals surface area contributed by atoms with Gasteiger partial charge in [0.1, 0.15) is 0 Å². The highest BCUT2D eigenvalue weighted by molar-refractivity contribution is 6.80. The molecule has 0 fully saturated rings. The molecule has 1 nitrogen and oxygen atoms in total. The van der Waals surface area contributed by atoms with Crippen molar-refractivity contribution >= 4 is 25.5 Å². The molecular weight excluding hydrogens is 296 g/mol. The minimum absolute atomic E-state index is 1.16. The van der Waals surface area contributed by atoms with E-state index in [9.17, 15) is 0 Å². The highest BCUT2D eigenvalue weighted by atomic mass is 28.3. The highest BCUT2D eigenvalue weighted by Gasteiger charge is 2.19. The maximum Gasteiger partial charge on any atom is 0.352 e. The van der Waals surface area contributed by atoms with Gasteiger partial charge in [0.05, 0.1) is 6.26 Å². The van der Waals surface area contributed by atoms with Crippen molar-refractivity contribution in [2.24, 2.45) is 0 Å². The average Bonchev–Trinajstić information content (AvgIpc) is 2.60. The van der Waals surface area contributed by atoms with Crippen LogP contribution in [-0.2, 0) is 4.43 Å². The summed E-state index contributed by atoms with van der Waals surface area (Å²) in [5.74, 6) is 0. The van der Waals surface area contributed by atoms with Crippen molar-refractivity contribution in [3.63, 3.8) is 0 Å². The van der Waals surface area contributed by atoms with Gasteiger partial charge in [-0.15, -0.1) is 0 Å². The maximum absolute atomic E-state index is 6.18. The second kappa shape index (κ2) is 7.61. The van der Waals surface area contributed by atoms with Gasteiger partial charge in [-0.05, 0) is 28.9 Å². The molecule has 0 aliphatic rings. The molecule has 113 valence electrons. The van der Waals surface area contributed by atoms with Crippen molar-refractivity contribution in [2.45, 2.75) is 6.92 Å². The lowest BCUT2D eigenvalue weighted by Crippen LogP contribution is -2.43. The number of aryl methyl sites for hydroxylation is 1. The lowest BCUT2D eigenvalue weighted by atomic mass is 10.1. The van der Waals surface area contributed by atoms with Crippen molar-refractivity contribution in [1.29, 1.82) is 0 Å². The Bertz CT molecular complexity index is 727. The first-order chi connectivity index (χ1) is 11.3.